The lowest BCUT2D eigenvalue weighted by Crippen LogP contribution is -2.16. The van der Waals surface area contributed by atoms with Crippen LogP contribution in [-0.2, 0) is 0 Å². The summed E-state index contributed by atoms with van der Waals surface area (Å²) in [5.74, 6) is 2.16. The topological polar surface area (TPSA) is 45.5 Å². The van der Waals surface area contributed by atoms with Gasteiger partial charge < -0.3 is 4.57 Å². The van der Waals surface area contributed by atoms with Crippen LogP contribution in [0.15, 0.2) is 194 Å². The Morgan fingerprint density at radius 1 is 0.224 bits per heavy atom. The van der Waals surface area contributed by atoms with Gasteiger partial charge in [0.25, 0.3) is 0 Å². The van der Waals surface area contributed by atoms with Gasteiger partial charge in [-0.3, -0.25) is 13.7 Å². The van der Waals surface area contributed by atoms with Crippen molar-refractivity contribution in [3.8, 4) is 23.3 Å². The monoisotopic (exact) mass is 740 g/mol. The summed E-state index contributed by atoms with van der Waals surface area (Å²) < 4.78 is 9.37. The third-order valence-corrected chi connectivity index (χ3v) is 12.0. The number of aromatic nitrogens is 6. The molecule has 270 valence electrons. The van der Waals surface area contributed by atoms with Gasteiger partial charge in [0.05, 0.1) is 44.1 Å². The summed E-state index contributed by atoms with van der Waals surface area (Å²) in [5, 5.41) is 9.33. The standard InChI is InChI=1S/C52H32N6/c1-9-25-41-33(17-1)34-18-2-10-26-42(34)55(41)49-50(56-43-27-11-3-19-35(43)36-20-4-12-28-44(36)56)53-52(58-47-31-15-7-23-39(47)40-24-8-16-32-48(40)58)54-51(49)57-45-29-13-5-21-37(45)38-22-6-14-30-46(38)57/h1-32H. The van der Waals surface area contributed by atoms with Crippen LogP contribution in [0, 0.1) is 0 Å². The highest BCUT2D eigenvalue weighted by atomic mass is 15.3. The summed E-state index contributed by atoms with van der Waals surface area (Å²) in [6.07, 6.45) is 0. The van der Waals surface area contributed by atoms with Crippen LogP contribution in [-0.4, -0.2) is 28.2 Å². The molecular formula is C52H32N6. The van der Waals surface area contributed by atoms with E-state index in [0.717, 1.165) is 72.2 Å². The van der Waals surface area contributed by atoms with E-state index in [2.05, 4.69) is 212 Å². The van der Waals surface area contributed by atoms with Crippen molar-refractivity contribution in [3.63, 3.8) is 0 Å². The predicted molar refractivity (Wildman–Crippen MR) is 239 cm³/mol. The fourth-order valence-electron chi connectivity index (χ4n) is 9.64. The molecule has 8 aromatic carbocycles. The zero-order valence-corrected chi connectivity index (χ0v) is 31.2. The van der Waals surface area contributed by atoms with Crippen molar-refractivity contribution in [2.45, 2.75) is 0 Å². The van der Waals surface area contributed by atoms with Crippen LogP contribution in [0.25, 0.3) is 110 Å². The molecule has 58 heavy (non-hydrogen) atoms. The van der Waals surface area contributed by atoms with Crippen LogP contribution >= 0.6 is 0 Å². The van der Waals surface area contributed by atoms with Crippen molar-refractivity contribution in [2.24, 2.45) is 0 Å². The molecule has 0 atom stereocenters. The van der Waals surface area contributed by atoms with Crippen molar-refractivity contribution in [1.82, 2.24) is 28.2 Å². The van der Waals surface area contributed by atoms with E-state index in [1.807, 2.05) is 0 Å². The smallest absolute Gasteiger partial charge is 0.238 e. The third kappa shape index (κ3) is 4.15. The highest BCUT2D eigenvalue weighted by Gasteiger charge is 2.29. The maximum Gasteiger partial charge on any atom is 0.238 e. The number of hydrogen-bond donors (Lipinski definition) is 0. The van der Waals surface area contributed by atoms with Crippen molar-refractivity contribution in [1.29, 1.82) is 0 Å². The van der Waals surface area contributed by atoms with Crippen molar-refractivity contribution < 1.29 is 0 Å². The van der Waals surface area contributed by atoms with E-state index in [-0.39, 0.29) is 0 Å². The summed E-state index contributed by atoms with van der Waals surface area (Å²) in [5.41, 5.74) is 9.46. The first-order chi connectivity index (χ1) is 28.8. The molecule has 0 unspecified atom stereocenters. The maximum atomic E-state index is 5.84. The summed E-state index contributed by atoms with van der Waals surface area (Å²) in [7, 11) is 0. The number of hydrogen-bond acceptors (Lipinski definition) is 2. The molecule has 0 amide bonds. The lowest BCUT2D eigenvalue weighted by molar-refractivity contribution is 0.893. The van der Waals surface area contributed by atoms with Gasteiger partial charge in [0.15, 0.2) is 11.6 Å². The first kappa shape index (κ1) is 31.3. The number of rotatable bonds is 4. The number of benzene rings is 8. The molecule has 0 bridgehead atoms. The Kier molecular flexibility index (Phi) is 6.35. The van der Waals surface area contributed by atoms with Crippen LogP contribution < -0.4 is 0 Å². The summed E-state index contributed by atoms with van der Waals surface area (Å²) in [6, 6.07) is 69.3. The Bertz CT molecular complexity index is 3470. The molecule has 0 saturated carbocycles. The number of fused-ring (bicyclic) bond motifs is 12. The van der Waals surface area contributed by atoms with E-state index in [1.54, 1.807) is 0 Å². The normalized spacial score (nSPS) is 12.1. The van der Waals surface area contributed by atoms with Crippen LogP contribution in [0.5, 0.6) is 0 Å². The molecule has 13 rings (SSSR count). The van der Waals surface area contributed by atoms with Crippen LogP contribution in [0.3, 0.4) is 0 Å². The largest absolute Gasteiger partial charge is 0.303 e. The van der Waals surface area contributed by atoms with Gasteiger partial charge in [-0.25, -0.2) is 0 Å². The van der Waals surface area contributed by atoms with Gasteiger partial charge in [-0.1, -0.05) is 146 Å². The molecule has 0 aliphatic rings. The van der Waals surface area contributed by atoms with Gasteiger partial charge in [-0.2, -0.15) is 9.97 Å². The second-order valence-electron chi connectivity index (χ2n) is 15.0. The van der Waals surface area contributed by atoms with E-state index in [9.17, 15) is 0 Å². The Balaban J connectivity index is 1.32. The van der Waals surface area contributed by atoms with Gasteiger partial charge in [-0.05, 0) is 48.5 Å². The van der Waals surface area contributed by atoms with Gasteiger partial charge in [0.2, 0.25) is 5.95 Å². The zero-order chi connectivity index (χ0) is 37.9. The Hall–Kier alpha value is -7.96. The molecule has 0 N–H and O–H groups in total. The minimum absolute atomic E-state index is 0.593. The first-order valence-corrected chi connectivity index (χ1v) is 19.7. The first-order valence-electron chi connectivity index (χ1n) is 19.7. The molecule has 0 aliphatic heterocycles. The van der Waals surface area contributed by atoms with Crippen molar-refractivity contribution in [3.05, 3.63) is 194 Å². The molecule has 5 aromatic heterocycles. The fraction of sp³-hybridized carbons (Fsp3) is 0. The van der Waals surface area contributed by atoms with Gasteiger partial charge in [0, 0.05) is 43.1 Å². The molecule has 0 aliphatic carbocycles. The Labute approximate surface area is 331 Å². The Morgan fingerprint density at radius 2 is 0.431 bits per heavy atom. The molecule has 0 radical (unpaired) electrons. The van der Waals surface area contributed by atoms with E-state index in [0.29, 0.717) is 5.95 Å². The second kappa shape index (κ2) is 11.8. The number of para-hydroxylation sites is 8. The van der Waals surface area contributed by atoms with Gasteiger partial charge in [0.1, 0.15) is 5.69 Å². The molecule has 13 aromatic rings. The summed E-state index contributed by atoms with van der Waals surface area (Å²) >= 11 is 0. The lowest BCUT2D eigenvalue weighted by atomic mass is 10.2. The van der Waals surface area contributed by atoms with Gasteiger partial charge in [-0.15, -0.1) is 0 Å². The van der Waals surface area contributed by atoms with E-state index in [4.69, 9.17) is 9.97 Å². The third-order valence-electron chi connectivity index (χ3n) is 12.0. The lowest BCUT2D eigenvalue weighted by Gasteiger charge is -2.22. The molecule has 0 saturated heterocycles. The fourth-order valence-corrected chi connectivity index (χ4v) is 9.64. The Morgan fingerprint density at radius 3 is 0.690 bits per heavy atom. The van der Waals surface area contributed by atoms with Crippen LogP contribution in [0.1, 0.15) is 0 Å². The molecular weight excluding hydrogens is 709 g/mol. The highest BCUT2D eigenvalue weighted by Crippen LogP contribution is 2.42. The minimum atomic E-state index is 0.593. The second-order valence-corrected chi connectivity index (χ2v) is 15.0. The summed E-state index contributed by atoms with van der Waals surface area (Å²) in [4.78, 5) is 11.7. The van der Waals surface area contributed by atoms with Crippen molar-refractivity contribution in [2.75, 3.05) is 0 Å². The zero-order valence-electron chi connectivity index (χ0n) is 31.2. The molecule has 6 nitrogen and oxygen atoms in total. The number of nitrogens with zero attached hydrogens (tertiary/aromatic N) is 6. The summed E-state index contributed by atoms with van der Waals surface area (Å²) in [6.45, 7) is 0. The minimum Gasteiger partial charge on any atom is -0.303 e. The maximum absolute atomic E-state index is 5.84. The van der Waals surface area contributed by atoms with Crippen molar-refractivity contribution >= 4 is 87.2 Å². The van der Waals surface area contributed by atoms with E-state index < -0.39 is 0 Å². The predicted octanol–water partition coefficient (Wildman–Crippen LogP) is 12.9. The van der Waals surface area contributed by atoms with Crippen LogP contribution in [0.2, 0.25) is 0 Å². The quantitative estimate of drug-likeness (QED) is 0.180. The van der Waals surface area contributed by atoms with Crippen LogP contribution in [0.4, 0.5) is 0 Å². The molecule has 6 heteroatoms. The average Bonchev–Trinajstić information content (AvgIpc) is 4.01. The highest BCUT2D eigenvalue weighted by molar-refractivity contribution is 6.14. The molecule has 0 spiro atoms. The van der Waals surface area contributed by atoms with E-state index in [1.165, 1.54) is 32.3 Å². The molecule has 0 fully saturated rings. The molecule has 5 heterocycles. The van der Waals surface area contributed by atoms with Gasteiger partial charge >= 0.3 is 0 Å². The average molecular weight is 741 g/mol. The SMILES string of the molecule is c1ccc2c(c1)c1ccccc1n2-c1nc(-n2c3ccccc3c3ccccc32)c(-n2c3ccccc3c3ccccc32)c(-n2c3ccccc3c3ccccc32)n1. The van der Waals surface area contributed by atoms with E-state index >= 15 is 0 Å².